The molecule has 2 heterocycles. The molecular weight excluding hydrogens is 530 g/mol. The summed E-state index contributed by atoms with van der Waals surface area (Å²) in [5.74, 6) is 1.15. The van der Waals surface area contributed by atoms with Crippen LogP contribution in [-0.4, -0.2) is 51.0 Å². The lowest BCUT2D eigenvalue weighted by molar-refractivity contribution is 0.302. The van der Waals surface area contributed by atoms with E-state index in [1.54, 1.807) is 12.1 Å². The van der Waals surface area contributed by atoms with Gasteiger partial charge in [-0.05, 0) is 84.8 Å². The van der Waals surface area contributed by atoms with Crippen molar-refractivity contribution in [3.63, 3.8) is 0 Å². The molecule has 0 spiro atoms. The Morgan fingerprint density at radius 3 is 2.49 bits per heavy atom. The van der Waals surface area contributed by atoms with E-state index in [9.17, 15) is 8.42 Å². The third-order valence-electron chi connectivity index (χ3n) is 9.52. The van der Waals surface area contributed by atoms with E-state index in [1.807, 2.05) is 12.1 Å². The summed E-state index contributed by atoms with van der Waals surface area (Å²) in [6.45, 7) is 4.42. The molecule has 6 nitrogen and oxygen atoms in total. The van der Waals surface area contributed by atoms with Crippen molar-refractivity contribution in [2.24, 2.45) is 5.92 Å². The summed E-state index contributed by atoms with van der Waals surface area (Å²) in [5, 5.41) is 13.2. The van der Waals surface area contributed by atoms with Gasteiger partial charge in [-0.25, -0.2) is 8.42 Å². The minimum absolute atomic E-state index is 0.0561. The predicted octanol–water partition coefficient (Wildman–Crippen LogP) is 5.60. The molecule has 3 aromatic rings. The summed E-state index contributed by atoms with van der Waals surface area (Å²) in [6, 6.07) is 22.5. The van der Waals surface area contributed by atoms with Gasteiger partial charge in [0.15, 0.2) is 9.84 Å². The van der Waals surface area contributed by atoms with Crippen molar-refractivity contribution in [2.75, 3.05) is 13.2 Å². The van der Waals surface area contributed by atoms with Crippen molar-refractivity contribution in [1.29, 1.82) is 0 Å². The average molecular weight is 576 g/mol. The summed E-state index contributed by atoms with van der Waals surface area (Å²) in [5.41, 5.74) is 1.17. The zero-order chi connectivity index (χ0) is 28.2. The first kappa shape index (κ1) is 28.7. The smallest absolute Gasteiger partial charge is 0.184 e. The van der Waals surface area contributed by atoms with E-state index < -0.39 is 15.1 Å². The van der Waals surface area contributed by atoms with Crippen LogP contribution in [0, 0.1) is 5.92 Å². The molecule has 6 rings (SSSR count). The second-order valence-electron chi connectivity index (χ2n) is 12.3. The number of fused-ring (bicyclic) bond motifs is 3. The van der Waals surface area contributed by atoms with Crippen molar-refractivity contribution >= 4 is 20.6 Å². The van der Waals surface area contributed by atoms with Gasteiger partial charge in [0.05, 0.1) is 16.8 Å². The highest BCUT2D eigenvalue weighted by Gasteiger charge is 2.57. The van der Waals surface area contributed by atoms with Crippen molar-refractivity contribution in [2.45, 2.75) is 99.1 Å². The van der Waals surface area contributed by atoms with Gasteiger partial charge in [0.2, 0.25) is 0 Å². The van der Waals surface area contributed by atoms with E-state index in [-0.39, 0.29) is 18.1 Å². The van der Waals surface area contributed by atoms with Crippen LogP contribution in [0.1, 0.15) is 63.9 Å². The van der Waals surface area contributed by atoms with Crippen LogP contribution in [0.5, 0.6) is 5.75 Å². The Balaban J connectivity index is 1.19. The zero-order valence-corrected chi connectivity index (χ0v) is 25.0. The monoisotopic (exact) mass is 575 g/mol. The molecule has 7 heteroatoms. The standard InChI is InChI=1S/C34H45N3O3S/c1-2-3-8-19-40-29-15-17-30(18-16-29)41(38,39)34-31-21-27(23-35-28-11-6-7-12-28)32(37-31)33(34)36-22-24-13-14-25-9-4-5-10-26(25)20-24/h4-5,9-10,13-18,20,27-28,31-37H,2-3,6-8,11-12,19,21-23H2,1H3/t27-,31-,32+,33+,34+/m0/s1. The summed E-state index contributed by atoms with van der Waals surface area (Å²) in [6.07, 6.45) is 9.31. The van der Waals surface area contributed by atoms with Crippen LogP contribution < -0.4 is 20.7 Å². The molecule has 2 saturated heterocycles. The number of rotatable bonds is 13. The summed E-state index contributed by atoms with van der Waals surface area (Å²) >= 11 is 0. The molecule has 41 heavy (non-hydrogen) atoms. The summed E-state index contributed by atoms with van der Waals surface area (Å²) < 4.78 is 34.2. The molecule has 1 saturated carbocycles. The fourth-order valence-corrected chi connectivity index (χ4v) is 9.43. The van der Waals surface area contributed by atoms with Crippen LogP contribution in [0.3, 0.4) is 0 Å². The lowest BCUT2D eigenvalue weighted by Gasteiger charge is -2.35. The number of ether oxygens (including phenoxy) is 1. The maximum absolute atomic E-state index is 14.2. The van der Waals surface area contributed by atoms with Crippen LogP contribution >= 0.6 is 0 Å². The fraction of sp³-hybridized carbons (Fsp3) is 0.529. The zero-order valence-electron chi connectivity index (χ0n) is 24.2. The molecule has 0 amide bonds. The van der Waals surface area contributed by atoms with Gasteiger partial charge in [-0.1, -0.05) is 69.0 Å². The van der Waals surface area contributed by atoms with Gasteiger partial charge in [-0.2, -0.15) is 0 Å². The number of hydrogen-bond acceptors (Lipinski definition) is 6. The highest BCUT2D eigenvalue weighted by Crippen LogP contribution is 2.40. The number of unbranched alkanes of at least 4 members (excludes halogenated alkanes) is 2. The van der Waals surface area contributed by atoms with Crippen LogP contribution in [0.25, 0.3) is 10.8 Å². The van der Waals surface area contributed by atoms with E-state index in [0.717, 1.165) is 38.0 Å². The van der Waals surface area contributed by atoms with Crippen LogP contribution in [0.2, 0.25) is 0 Å². The molecule has 220 valence electrons. The van der Waals surface area contributed by atoms with E-state index in [4.69, 9.17) is 4.74 Å². The molecule has 3 aliphatic rings. The first-order chi connectivity index (χ1) is 20.0. The maximum Gasteiger partial charge on any atom is 0.184 e. The van der Waals surface area contributed by atoms with Crippen molar-refractivity contribution in [3.8, 4) is 5.75 Å². The normalized spacial score (nSPS) is 26.2. The van der Waals surface area contributed by atoms with Gasteiger partial charge in [-0.15, -0.1) is 0 Å². The SMILES string of the molecule is CCCCCOc1ccc(S(=O)(=O)[C@H]2[C@H](NCc3ccc4ccccc4c3)[C@@H]3N[C@H]2C[C@H]3CNC2CCCC2)cc1. The molecule has 2 aliphatic heterocycles. The number of nitrogens with one attached hydrogen (secondary N) is 3. The lowest BCUT2D eigenvalue weighted by atomic mass is 9.84. The van der Waals surface area contributed by atoms with Gasteiger partial charge >= 0.3 is 0 Å². The van der Waals surface area contributed by atoms with E-state index >= 15 is 0 Å². The molecule has 0 radical (unpaired) electrons. The van der Waals surface area contributed by atoms with Crippen LogP contribution in [0.15, 0.2) is 71.6 Å². The Labute approximate surface area is 245 Å². The summed E-state index contributed by atoms with van der Waals surface area (Å²) in [7, 11) is -3.56. The van der Waals surface area contributed by atoms with E-state index in [2.05, 4.69) is 65.3 Å². The van der Waals surface area contributed by atoms with Gasteiger partial charge in [-0.3, -0.25) is 0 Å². The third-order valence-corrected chi connectivity index (χ3v) is 11.8. The Bertz CT molecular complexity index is 1400. The maximum atomic E-state index is 14.2. The second-order valence-corrected chi connectivity index (χ2v) is 14.4. The van der Waals surface area contributed by atoms with E-state index in [0.29, 0.717) is 30.0 Å². The van der Waals surface area contributed by atoms with Crippen molar-refractivity contribution in [3.05, 3.63) is 72.3 Å². The Hall–Kier alpha value is -2.45. The topological polar surface area (TPSA) is 79.5 Å². The van der Waals surface area contributed by atoms with Crippen LogP contribution in [-0.2, 0) is 16.4 Å². The second kappa shape index (κ2) is 12.8. The highest BCUT2D eigenvalue weighted by molar-refractivity contribution is 7.92. The molecule has 5 atom stereocenters. The molecule has 0 unspecified atom stereocenters. The fourth-order valence-electron chi connectivity index (χ4n) is 7.32. The van der Waals surface area contributed by atoms with Crippen LogP contribution in [0.4, 0.5) is 0 Å². The van der Waals surface area contributed by atoms with Gasteiger partial charge in [0, 0.05) is 30.7 Å². The molecule has 1 aliphatic carbocycles. The van der Waals surface area contributed by atoms with Gasteiger partial charge in [0.1, 0.15) is 5.75 Å². The third kappa shape index (κ3) is 6.34. The Kier molecular flexibility index (Phi) is 8.96. The lowest BCUT2D eigenvalue weighted by Crippen LogP contribution is -2.55. The molecule has 3 N–H and O–H groups in total. The number of sulfone groups is 1. The number of hydrogen-bond donors (Lipinski definition) is 3. The molecule has 0 aromatic heterocycles. The summed E-state index contributed by atoms with van der Waals surface area (Å²) in [4.78, 5) is 0.385. The van der Waals surface area contributed by atoms with E-state index in [1.165, 1.54) is 42.0 Å². The minimum Gasteiger partial charge on any atom is -0.494 e. The van der Waals surface area contributed by atoms with Crippen molar-refractivity contribution in [1.82, 2.24) is 16.0 Å². The van der Waals surface area contributed by atoms with Crippen molar-refractivity contribution < 1.29 is 13.2 Å². The molecule has 3 aromatic carbocycles. The number of benzene rings is 3. The van der Waals surface area contributed by atoms with Gasteiger partial charge < -0.3 is 20.7 Å². The predicted molar refractivity (Wildman–Crippen MR) is 166 cm³/mol. The average Bonchev–Trinajstić information content (AvgIpc) is 3.74. The molecular formula is C34H45N3O3S. The van der Waals surface area contributed by atoms with Gasteiger partial charge in [0.25, 0.3) is 0 Å². The quantitative estimate of drug-likeness (QED) is 0.230. The highest BCUT2D eigenvalue weighted by atomic mass is 32.2. The largest absolute Gasteiger partial charge is 0.494 e. The Morgan fingerprint density at radius 2 is 1.71 bits per heavy atom. The first-order valence-electron chi connectivity index (χ1n) is 15.7. The molecule has 2 bridgehead atoms. The Morgan fingerprint density at radius 1 is 0.927 bits per heavy atom. The molecule has 3 fully saturated rings. The minimum atomic E-state index is -3.56. The first-order valence-corrected chi connectivity index (χ1v) is 17.2.